The van der Waals surface area contributed by atoms with Crippen molar-refractivity contribution in [3.05, 3.63) is 53.2 Å². The van der Waals surface area contributed by atoms with Crippen LogP contribution in [0.1, 0.15) is 21.8 Å². The summed E-state index contributed by atoms with van der Waals surface area (Å²) in [4.78, 5) is 22.7. The number of hydrogen-bond acceptors (Lipinski definition) is 7. The van der Waals surface area contributed by atoms with Gasteiger partial charge in [0.05, 0.1) is 20.8 Å². The molecule has 0 saturated carbocycles. The zero-order chi connectivity index (χ0) is 19.7. The predicted molar refractivity (Wildman–Crippen MR) is 95.5 cm³/mol. The molecule has 28 heavy (non-hydrogen) atoms. The lowest BCUT2D eigenvalue weighted by molar-refractivity contribution is 0.0721. The summed E-state index contributed by atoms with van der Waals surface area (Å²) in [7, 11) is 2.87. The Hall–Kier alpha value is -3.49. The van der Waals surface area contributed by atoms with Crippen LogP contribution in [0.15, 0.2) is 34.9 Å². The number of rotatable bonds is 4. The monoisotopic (exact) mass is 384 g/mol. The molecular formula is C19H17FN4O4. The number of carbonyl (C=O) groups excluding carboxylic acids is 1. The van der Waals surface area contributed by atoms with Gasteiger partial charge in [0.15, 0.2) is 0 Å². The summed E-state index contributed by atoms with van der Waals surface area (Å²) in [6.07, 6.45) is 0.503. The lowest BCUT2D eigenvalue weighted by Crippen LogP contribution is -2.36. The smallest absolute Gasteiger partial charge is 0.320 e. The first-order valence-corrected chi connectivity index (χ1v) is 8.58. The Labute approximate surface area is 159 Å². The molecule has 1 aliphatic heterocycles. The number of hydrogen-bond donors (Lipinski definition) is 0. The highest BCUT2D eigenvalue weighted by molar-refractivity contribution is 5.93. The standard InChI is InChI=1S/C19H17FN4O4/c1-26-16-9-14(21-19(22-16)27-2)18(25)24-7-6-15-13(10-24)17(23-28-15)11-4-3-5-12(20)8-11/h3-5,8-9H,6-7,10H2,1-2H3. The van der Waals surface area contributed by atoms with E-state index < -0.39 is 0 Å². The summed E-state index contributed by atoms with van der Waals surface area (Å²) >= 11 is 0. The fourth-order valence-corrected chi connectivity index (χ4v) is 3.12. The van der Waals surface area contributed by atoms with Crippen molar-refractivity contribution < 1.29 is 23.2 Å². The third kappa shape index (κ3) is 3.26. The first-order valence-electron chi connectivity index (χ1n) is 8.58. The van der Waals surface area contributed by atoms with Gasteiger partial charge in [-0.05, 0) is 12.1 Å². The van der Waals surface area contributed by atoms with Gasteiger partial charge in [0.2, 0.25) is 5.88 Å². The molecule has 0 N–H and O–H groups in total. The molecule has 4 rings (SSSR count). The summed E-state index contributed by atoms with van der Waals surface area (Å²) in [5.41, 5.74) is 2.06. The molecule has 8 nitrogen and oxygen atoms in total. The first kappa shape index (κ1) is 17.9. The number of ether oxygens (including phenoxy) is 2. The molecule has 3 heterocycles. The van der Waals surface area contributed by atoms with Crippen LogP contribution in [0.25, 0.3) is 11.3 Å². The predicted octanol–water partition coefficient (Wildman–Crippen LogP) is 2.49. The number of methoxy groups -OCH3 is 2. The van der Waals surface area contributed by atoms with Gasteiger partial charge >= 0.3 is 6.01 Å². The molecule has 2 aromatic heterocycles. The van der Waals surface area contributed by atoms with Gasteiger partial charge in [0.25, 0.3) is 5.91 Å². The van der Waals surface area contributed by atoms with E-state index >= 15 is 0 Å². The van der Waals surface area contributed by atoms with E-state index in [2.05, 4.69) is 15.1 Å². The van der Waals surface area contributed by atoms with Gasteiger partial charge in [-0.25, -0.2) is 4.39 Å². The minimum absolute atomic E-state index is 0.0471. The van der Waals surface area contributed by atoms with Crippen LogP contribution in [0, 0.1) is 5.82 Å². The molecule has 0 fully saturated rings. The van der Waals surface area contributed by atoms with Gasteiger partial charge in [-0.2, -0.15) is 9.97 Å². The molecule has 0 unspecified atom stereocenters. The zero-order valence-corrected chi connectivity index (χ0v) is 15.3. The second kappa shape index (κ2) is 7.26. The average Bonchev–Trinajstić information content (AvgIpc) is 3.16. The topological polar surface area (TPSA) is 90.6 Å². The van der Waals surface area contributed by atoms with E-state index in [0.717, 1.165) is 5.56 Å². The first-order chi connectivity index (χ1) is 13.6. The number of aromatic nitrogens is 3. The maximum Gasteiger partial charge on any atom is 0.320 e. The minimum Gasteiger partial charge on any atom is -0.481 e. The van der Waals surface area contributed by atoms with E-state index in [1.54, 1.807) is 17.0 Å². The largest absolute Gasteiger partial charge is 0.481 e. The SMILES string of the molecule is COc1cc(C(=O)N2CCc3onc(-c4cccc(F)c4)c3C2)nc(OC)n1. The number of benzene rings is 1. The van der Waals surface area contributed by atoms with E-state index in [-0.39, 0.29) is 35.9 Å². The van der Waals surface area contributed by atoms with Crippen LogP contribution in [0.4, 0.5) is 4.39 Å². The van der Waals surface area contributed by atoms with Gasteiger partial charge in [0, 0.05) is 30.2 Å². The second-order valence-electron chi connectivity index (χ2n) is 6.20. The highest BCUT2D eigenvalue weighted by Crippen LogP contribution is 2.31. The number of amides is 1. The van der Waals surface area contributed by atoms with E-state index in [1.807, 2.05) is 0 Å². The molecule has 0 aliphatic carbocycles. The van der Waals surface area contributed by atoms with Crippen molar-refractivity contribution >= 4 is 5.91 Å². The van der Waals surface area contributed by atoms with Gasteiger partial charge < -0.3 is 18.9 Å². The Balaban J connectivity index is 1.64. The Kier molecular flexibility index (Phi) is 4.64. The summed E-state index contributed by atoms with van der Waals surface area (Å²) in [6, 6.07) is 7.62. The number of nitrogens with zero attached hydrogens (tertiary/aromatic N) is 4. The average molecular weight is 384 g/mol. The van der Waals surface area contributed by atoms with Crippen molar-refractivity contribution in [2.24, 2.45) is 0 Å². The summed E-state index contributed by atoms with van der Waals surface area (Å²) in [6.45, 7) is 0.719. The van der Waals surface area contributed by atoms with Crippen LogP contribution < -0.4 is 9.47 Å². The fraction of sp³-hybridized carbons (Fsp3) is 0.263. The van der Waals surface area contributed by atoms with Gasteiger partial charge in [0.1, 0.15) is 23.0 Å². The lowest BCUT2D eigenvalue weighted by atomic mass is 10.0. The molecule has 0 spiro atoms. The van der Waals surface area contributed by atoms with E-state index in [9.17, 15) is 9.18 Å². The quantitative estimate of drug-likeness (QED) is 0.682. The number of fused-ring (bicyclic) bond motifs is 1. The molecular weight excluding hydrogens is 367 g/mol. The van der Waals surface area contributed by atoms with Crippen LogP contribution in [-0.4, -0.2) is 46.7 Å². The zero-order valence-electron chi connectivity index (χ0n) is 15.3. The Bertz CT molecular complexity index is 1010. The number of halogens is 1. The maximum atomic E-state index is 13.6. The summed E-state index contributed by atoms with van der Waals surface area (Å²) in [5, 5.41) is 4.09. The van der Waals surface area contributed by atoms with Crippen LogP contribution in [0.5, 0.6) is 11.9 Å². The van der Waals surface area contributed by atoms with Crippen LogP contribution in [0.3, 0.4) is 0 Å². The van der Waals surface area contributed by atoms with Crippen molar-refractivity contribution in [1.29, 1.82) is 0 Å². The van der Waals surface area contributed by atoms with Gasteiger partial charge in [-0.1, -0.05) is 17.3 Å². The Morgan fingerprint density at radius 1 is 1.21 bits per heavy atom. The van der Waals surface area contributed by atoms with Crippen molar-refractivity contribution in [2.75, 3.05) is 20.8 Å². The molecule has 1 aliphatic rings. The molecule has 0 saturated heterocycles. The minimum atomic E-state index is -0.363. The van der Waals surface area contributed by atoms with Crippen LogP contribution in [0.2, 0.25) is 0 Å². The van der Waals surface area contributed by atoms with Gasteiger partial charge in [-0.15, -0.1) is 0 Å². The van der Waals surface area contributed by atoms with E-state index in [4.69, 9.17) is 14.0 Å². The third-order valence-corrected chi connectivity index (χ3v) is 4.51. The molecule has 3 aromatic rings. The highest BCUT2D eigenvalue weighted by atomic mass is 19.1. The number of carbonyl (C=O) groups is 1. The lowest BCUT2D eigenvalue weighted by Gasteiger charge is -2.26. The summed E-state index contributed by atoms with van der Waals surface area (Å²) < 4.78 is 29.1. The van der Waals surface area contributed by atoms with E-state index in [0.29, 0.717) is 30.0 Å². The normalized spacial score (nSPS) is 13.2. The van der Waals surface area contributed by atoms with E-state index in [1.165, 1.54) is 32.4 Å². The third-order valence-electron chi connectivity index (χ3n) is 4.51. The van der Waals surface area contributed by atoms with Crippen LogP contribution >= 0.6 is 0 Å². The molecule has 0 atom stereocenters. The Morgan fingerprint density at radius 2 is 2.07 bits per heavy atom. The maximum absolute atomic E-state index is 13.6. The summed E-state index contributed by atoms with van der Waals surface area (Å²) in [5.74, 6) is 0.272. The van der Waals surface area contributed by atoms with Crippen molar-refractivity contribution in [2.45, 2.75) is 13.0 Å². The molecule has 9 heteroatoms. The second-order valence-corrected chi connectivity index (χ2v) is 6.20. The Morgan fingerprint density at radius 3 is 2.82 bits per heavy atom. The highest BCUT2D eigenvalue weighted by Gasteiger charge is 2.29. The molecule has 0 bridgehead atoms. The molecule has 1 amide bonds. The van der Waals surface area contributed by atoms with Crippen molar-refractivity contribution in [1.82, 2.24) is 20.0 Å². The van der Waals surface area contributed by atoms with Crippen molar-refractivity contribution in [3.63, 3.8) is 0 Å². The molecule has 0 radical (unpaired) electrons. The van der Waals surface area contributed by atoms with Crippen molar-refractivity contribution in [3.8, 4) is 23.1 Å². The molecule has 1 aromatic carbocycles. The molecule has 144 valence electrons. The van der Waals surface area contributed by atoms with Crippen LogP contribution in [-0.2, 0) is 13.0 Å². The van der Waals surface area contributed by atoms with Gasteiger partial charge in [-0.3, -0.25) is 4.79 Å². The fourth-order valence-electron chi connectivity index (χ4n) is 3.12.